The molecule has 3 aromatic rings. The van der Waals surface area contributed by atoms with Crippen LogP contribution in [-0.2, 0) is 16.6 Å². The Hall–Kier alpha value is -2.51. The average molecular weight is 360 g/mol. The van der Waals surface area contributed by atoms with Gasteiger partial charge in [0.1, 0.15) is 11.6 Å². The molecular formula is C18H17FN2O3S. The highest BCUT2D eigenvalue weighted by molar-refractivity contribution is 7.89. The Morgan fingerprint density at radius 1 is 1.08 bits per heavy atom. The second kappa shape index (κ2) is 6.78. The topological polar surface area (TPSA) is 63.4 Å². The first-order valence-electron chi connectivity index (χ1n) is 7.61. The summed E-state index contributed by atoms with van der Waals surface area (Å²) in [4.78, 5) is 4.44. The summed E-state index contributed by atoms with van der Waals surface area (Å²) in [6.45, 7) is 1.80. The van der Waals surface area contributed by atoms with Gasteiger partial charge in [0.25, 0.3) is 0 Å². The molecule has 0 spiro atoms. The lowest BCUT2D eigenvalue weighted by Gasteiger charge is -2.16. The maximum Gasteiger partial charge on any atom is 0.243 e. The lowest BCUT2D eigenvalue weighted by molar-refractivity contribution is 0.457. The fraction of sp³-hybridized carbons (Fsp3) is 0.167. The van der Waals surface area contributed by atoms with Gasteiger partial charge in [0, 0.05) is 12.6 Å². The van der Waals surface area contributed by atoms with Crippen molar-refractivity contribution in [3.8, 4) is 11.5 Å². The molecule has 2 aromatic carbocycles. The second-order valence-electron chi connectivity index (χ2n) is 5.60. The van der Waals surface area contributed by atoms with E-state index in [0.717, 1.165) is 17.7 Å². The number of hydrogen-bond donors (Lipinski definition) is 0. The van der Waals surface area contributed by atoms with E-state index in [2.05, 4.69) is 4.98 Å². The highest BCUT2D eigenvalue weighted by Crippen LogP contribution is 2.24. The van der Waals surface area contributed by atoms with Crippen molar-refractivity contribution in [1.82, 2.24) is 9.29 Å². The van der Waals surface area contributed by atoms with Crippen molar-refractivity contribution in [2.45, 2.75) is 18.4 Å². The SMILES string of the molecule is Cc1oc(-c2ccccc2)nc1CN(C)S(=O)(=O)c1ccc(F)cc1. The lowest BCUT2D eigenvalue weighted by Crippen LogP contribution is -2.27. The van der Waals surface area contributed by atoms with Crippen molar-refractivity contribution in [2.24, 2.45) is 0 Å². The normalized spacial score (nSPS) is 11.8. The third-order valence-corrected chi connectivity index (χ3v) is 5.63. The molecule has 7 heteroatoms. The van der Waals surface area contributed by atoms with Crippen LogP contribution in [0.1, 0.15) is 11.5 Å². The Morgan fingerprint density at radius 2 is 1.72 bits per heavy atom. The first-order chi connectivity index (χ1) is 11.9. The van der Waals surface area contributed by atoms with Crippen LogP contribution < -0.4 is 0 Å². The number of sulfonamides is 1. The van der Waals surface area contributed by atoms with Gasteiger partial charge in [-0.25, -0.2) is 17.8 Å². The van der Waals surface area contributed by atoms with Crippen LogP contribution in [0.25, 0.3) is 11.5 Å². The molecule has 25 heavy (non-hydrogen) atoms. The summed E-state index contributed by atoms with van der Waals surface area (Å²) >= 11 is 0. The van der Waals surface area contributed by atoms with Crippen molar-refractivity contribution >= 4 is 10.0 Å². The van der Waals surface area contributed by atoms with E-state index >= 15 is 0 Å². The molecule has 0 bridgehead atoms. The number of nitrogens with zero attached hydrogens (tertiary/aromatic N) is 2. The van der Waals surface area contributed by atoms with Gasteiger partial charge < -0.3 is 4.42 Å². The maximum atomic E-state index is 13.0. The minimum Gasteiger partial charge on any atom is -0.441 e. The molecule has 0 amide bonds. The summed E-state index contributed by atoms with van der Waals surface area (Å²) < 4.78 is 45.0. The van der Waals surface area contributed by atoms with E-state index in [9.17, 15) is 12.8 Å². The van der Waals surface area contributed by atoms with Gasteiger partial charge in [-0.05, 0) is 43.3 Å². The maximum absolute atomic E-state index is 13.0. The Labute approximate surface area is 145 Å². The fourth-order valence-electron chi connectivity index (χ4n) is 2.36. The van der Waals surface area contributed by atoms with E-state index < -0.39 is 15.8 Å². The standard InChI is InChI=1S/C18H17FN2O3S/c1-13-17(20-18(24-13)14-6-4-3-5-7-14)12-21(2)25(22,23)16-10-8-15(19)9-11-16/h3-11H,12H2,1-2H3. The molecule has 0 N–H and O–H groups in total. The van der Waals surface area contributed by atoms with Crippen LogP contribution in [0.3, 0.4) is 0 Å². The van der Waals surface area contributed by atoms with Crippen LogP contribution in [-0.4, -0.2) is 24.8 Å². The quantitative estimate of drug-likeness (QED) is 0.697. The molecule has 1 aromatic heterocycles. The summed E-state index contributed by atoms with van der Waals surface area (Å²) in [6.07, 6.45) is 0. The molecule has 0 aliphatic heterocycles. The van der Waals surface area contributed by atoms with Gasteiger partial charge in [-0.15, -0.1) is 0 Å². The zero-order valence-electron chi connectivity index (χ0n) is 13.8. The first-order valence-corrected chi connectivity index (χ1v) is 9.05. The third-order valence-electron chi connectivity index (χ3n) is 3.81. The first kappa shape index (κ1) is 17.3. The van der Waals surface area contributed by atoms with E-state index in [-0.39, 0.29) is 11.4 Å². The summed E-state index contributed by atoms with van der Waals surface area (Å²) in [5.41, 5.74) is 1.35. The Morgan fingerprint density at radius 3 is 2.36 bits per heavy atom. The summed E-state index contributed by atoms with van der Waals surface area (Å²) in [6, 6.07) is 14.1. The molecule has 130 valence electrons. The molecule has 5 nitrogen and oxygen atoms in total. The smallest absolute Gasteiger partial charge is 0.243 e. The van der Waals surface area contributed by atoms with Crippen molar-refractivity contribution in [2.75, 3.05) is 7.05 Å². The highest BCUT2D eigenvalue weighted by atomic mass is 32.2. The molecule has 0 fully saturated rings. The number of oxazole rings is 1. The predicted molar refractivity (Wildman–Crippen MR) is 91.7 cm³/mol. The van der Waals surface area contributed by atoms with Crippen molar-refractivity contribution in [1.29, 1.82) is 0 Å². The molecule has 0 unspecified atom stereocenters. The van der Waals surface area contributed by atoms with Crippen LogP contribution in [0.5, 0.6) is 0 Å². The monoisotopic (exact) mass is 360 g/mol. The molecule has 0 saturated carbocycles. The summed E-state index contributed by atoms with van der Waals surface area (Å²) in [5, 5.41) is 0. The number of halogens is 1. The van der Waals surface area contributed by atoms with Gasteiger partial charge in [0.05, 0.1) is 17.1 Å². The number of aromatic nitrogens is 1. The van der Waals surface area contributed by atoms with Gasteiger partial charge in [-0.2, -0.15) is 4.31 Å². The minimum absolute atomic E-state index is 0.0285. The van der Waals surface area contributed by atoms with E-state index in [1.807, 2.05) is 30.3 Å². The number of aryl methyl sites for hydroxylation is 1. The molecule has 3 rings (SSSR count). The summed E-state index contributed by atoms with van der Waals surface area (Å²) in [5.74, 6) is 0.516. The van der Waals surface area contributed by atoms with Crippen LogP contribution >= 0.6 is 0 Å². The Bertz CT molecular complexity index is 967. The molecule has 0 atom stereocenters. The molecule has 0 aliphatic carbocycles. The average Bonchev–Trinajstić information content (AvgIpc) is 2.97. The third kappa shape index (κ3) is 3.62. The Kier molecular flexibility index (Phi) is 4.69. The van der Waals surface area contributed by atoms with Gasteiger partial charge in [0.15, 0.2) is 0 Å². The van der Waals surface area contributed by atoms with Crippen molar-refractivity contribution < 1.29 is 17.2 Å². The highest BCUT2D eigenvalue weighted by Gasteiger charge is 2.23. The zero-order chi connectivity index (χ0) is 18.0. The number of benzene rings is 2. The molecule has 0 aliphatic rings. The lowest BCUT2D eigenvalue weighted by atomic mass is 10.2. The second-order valence-corrected chi connectivity index (χ2v) is 7.65. The summed E-state index contributed by atoms with van der Waals surface area (Å²) in [7, 11) is -2.29. The van der Waals surface area contributed by atoms with E-state index in [4.69, 9.17) is 4.42 Å². The largest absolute Gasteiger partial charge is 0.441 e. The molecular weight excluding hydrogens is 343 g/mol. The number of rotatable bonds is 5. The molecule has 0 radical (unpaired) electrons. The fourth-order valence-corrected chi connectivity index (χ4v) is 3.49. The number of hydrogen-bond acceptors (Lipinski definition) is 4. The van der Waals surface area contributed by atoms with Gasteiger partial charge >= 0.3 is 0 Å². The van der Waals surface area contributed by atoms with Crippen molar-refractivity contribution in [3.63, 3.8) is 0 Å². The van der Waals surface area contributed by atoms with E-state index in [0.29, 0.717) is 17.3 Å². The van der Waals surface area contributed by atoms with Gasteiger partial charge in [0.2, 0.25) is 15.9 Å². The Balaban J connectivity index is 1.84. The van der Waals surface area contributed by atoms with Crippen LogP contribution in [0.15, 0.2) is 63.9 Å². The predicted octanol–water partition coefficient (Wildman–Crippen LogP) is 3.61. The van der Waals surface area contributed by atoms with Crippen molar-refractivity contribution in [3.05, 3.63) is 71.9 Å². The van der Waals surface area contributed by atoms with Crippen LogP contribution in [0.4, 0.5) is 4.39 Å². The molecule has 1 heterocycles. The van der Waals surface area contributed by atoms with E-state index in [1.54, 1.807) is 6.92 Å². The molecule has 0 saturated heterocycles. The van der Waals surface area contributed by atoms with Crippen LogP contribution in [0.2, 0.25) is 0 Å². The minimum atomic E-state index is -3.74. The zero-order valence-corrected chi connectivity index (χ0v) is 14.6. The van der Waals surface area contributed by atoms with Gasteiger partial charge in [-0.3, -0.25) is 0 Å². The van der Waals surface area contributed by atoms with E-state index in [1.165, 1.54) is 23.5 Å². The van der Waals surface area contributed by atoms with Crippen LogP contribution in [0, 0.1) is 12.7 Å². The van der Waals surface area contributed by atoms with Gasteiger partial charge in [-0.1, -0.05) is 18.2 Å².